The van der Waals surface area contributed by atoms with Crippen molar-refractivity contribution in [1.82, 2.24) is 10.9 Å². The second-order valence-corrected chi connectivity index (χ2v) is 6.86. The first-order valence-corrected chi connectivity index (χ1v) is 8.19. The third-order valence-electron chi connectivity index (χ3n) is 2.75. The van der Waals surface area contributed by atoms with Crippen LogP contribution in [0.3, 0.4) is 0 Å². The first-order valence-electron chi connectivity index (χ1n) is 6.43. The first-order chi connectivity index (χ1) is 10.1. The molecule has 0 fully saturated rings. The Morgan fingerprint density at radius 2 is 1.86 bits per heavy atom. The van der Waals surface area contributed by atoms with Crippen molar-refractivity contribution in [2.45, 2.75) is 24.0 Å². The zero-order valence-electron chi connectivity index (χ0n) is 11.8. The van der Waals surface area contributed by atoms with Gasteiger partial charge in [-0.25, -0.2) is 0 Å². The summed E-state index contributed by atoms with van der Waals surface area (Å²) in [4.78, 5) is 25.2. The maximum atomic E-state index is 11.9. The number of aryl methyl sites for hydroxylation is 1. The Labute approximate surface area is 131 Å². The van der Waals surface area contributed by atoms with Crippen molar-refractivity contribution in [3.8, 4) is 0 Å². The molecule has 2 rings (SSSR count). The molecular weight excluding hydrogens is 304 g/mol. The molecule has 0 spiro atoms. The highest BCUT2D eigenvalue weighted by atomic mass is 32.2. The number of carbonyl (C=O) groups is 2. The van der Waals surface area contributed by atoms with E-state index in [9.17, 15) is 9.59 Å². The molecule has 4 nitrogen and oxygen atoms in total. The molecular formula is C15H16N2O2S2. The molecule has 0 saturated heterocycles. The molecule has 0 saturated carbocycles. The van der Waals surface area contributed by atoms with Gasteiger partial charge in [-0.3, -0.25) is 20.4 Å². The van der Waals surface area contributed by atoms with Crippen LogP contribution in [0, 0.1) is 6.92 Å². The highest BCUT2D eigenvalue weighted by Crippen LogP contribution is 2.23. The molecule has 2 amide bonds. The van der Waals surface area contributed by atoms with Crippen LogP contribution in [-0.4, -0.2) is 17.1 Å². The van der Waals surface area contributed by atoms with Gasteiger partial charge in [0, 0.05) is 4.90 Å². The number of amides is 2. The summed E-state index contributed by atoms with van der Waals surface area (Å²) in [5, 5.41) is 1.52. The Balaban J connectivity index is 1.82. The van der Waals surface area contributed by atoms with Gasteiger partial charge < -0.3 is 0 Å². The maximum Gasteiger partial charge on any atom is 0.279 e. The summed E-state index contributed by atoms with van der Waals surface area (Å²) in [5.41, 5.74) is 6.05. The molecule has 0 radical (unpaired) electrons. The predicted octanol–water partition coefficient (Wildman–Crippen LogP) is 3.00. The van der Waals surface area contributed by atoms with Gasteiger partial charge in [0.15, 0.2) is 0 Å². The van der Waals surface area contributed by atoms with Gasteiger partial charge in [0.1, 0.15) is 0 Å². The number of thioether (sulfide) groups is 1. The van der Waals surface area contributed by atoms with Gasteiger partial charge in [-0.05, 0) is 37.4 Å². The van der Waals surface area contributed by atoms with Crippen LogP contribution in [0.2, 0.25) is 0 Å². The van der Waals surface area contributed by atoms with Crippen LogP contribution in [0.25, 0.3) is 0 Å². The number of benzene rings is 1. The lowest BCUT2D eigenvalue weighted by Crippen LogP contribution is -2.44. The molecule has 1 atom stereocenters. The number of hydrogen-bond donors (Lipinski definition) is 2. The van der Waals surface area contributed by atoms with E-state index < -0.39 is 0 Å². The minimum Gasteiger partial charge on any atom is -0.272 e. The topological polar surface area (TPSA) is 58.2 Å². The average Bonchev–Trinajstić information content (AvgIpc) is 3.01. The Morgan fingerprint density at radius 3 is 2.48 bits per heavy atom. The van der Waals surface area contributed by atoms with Gasteiger partial charge in [-0.2, -0.15) is 0 Å². The zero-order chi connectivity index (χ0) is 15.2. The Bertz CT molecular complexity index is 609. The summed E-state index contributed by atoms with van der Waals surface area (Å²) >= 11 is 2.78. The van der Waals surface area contributed by atoms with Gasteiger partial charge in [-0.15, -0.1) is 23.1 Å². The van der Waals surface area contributed by atoms with Gasteiger partial charge in [0.25, 0.3) is 11.8 Å². The minimum atomic E-state index is -0.300. The normalized spacial score (nSPS) is 11.7. The number of thiophene rings is 1. The molecule has 0 aliphatic rings. The fourth-order valence-electron chi connectivity index (χ4n) is 1.56. The van der Waals surface area contributed by atoms with Gasteiger partial charge in [-0.1, -0.05) is 23.8 Å². The van der Waals surface area contributed by atoms with E-state index >= 15 is 0 Å². The SMILES string of the molecule is Cc1ccc(S[C@@H](C)C(=O)NNC(=O)c2cccs2)cc1. The Kier molecular flexibility index (Phi) is 5.41. The van der Waals surface area contributed by atoms with Crippen LogP contribution in [0.1, 0.15) is 22.2 Å². The number of hydrazine groups is 1. The van der Waals surface area contributed by atoms with Crippen LogP contribution < -0.4 is 10.9 Å². The Morgan fingerprint density at radius 1 is 1.14 bits per heavy atom. The van der Waals surface area contributed by atoms with E-state index in [4.69, 9.17) is 0 Å². The molecule has 110 valence electrons. The molecule has 2 N–H and O–H groups in total. The monoisotopic (exact) mass is 320 g/mol. The zero-order valence-corrected chi connectivity index (χ0v) is 13.4. The molecule has 1 heterocycles. The molecule has 0 aliphatic carbocycles. The van der Waals surface area contributed by atoms with Crippen molar-refractivity contribution in [1.29, 1.82) is 0 Å². The van der Waals surface area contributed by atoms with E-state index in [1.54, 1.807) is 19.1 Å². The minimum absolute atomic E-state index is 0.231. The van der Waals surface area contributed by atoms with E-state index in [1.165, 1.54) is 28.7 Å². The smallest absolute Gasteiger partial charge is 0.272 e. The summed E-state index contributed by atoms with van der Waals surface area (Å²) in [5.74, 6) is -0.531. The van der Waals surface area contributed by atoms with Crippen molar-refractivity contribution in [3.63, 3.8) is 0 Å². The molecule has 0 aliphatic heterocycles. The van der Waals surface area contributed by atoms with Gasteiger partial charge >= 0.3 is 0 Å². The van der Waals surface area contributed by atoms with Crippen LogP contribution in [0.4, 0.5) is 0 Å². The molecule has 2 aromatic rings. The molecule has 0 unspecified atom stereocenters. The standard InChI is InChI=1S/C15H16N2O2S2/c1-10-5-7-12(8-6-10)21-11(2)14(18)16-17-15(19)13-4-3-9-20-13/h3-9,11H,1-2H3,(H,16,18)(H,17,19)/t11-/m0/s1. The number of carbonyl (C=O) groups excluding carboxylic acids is 2. The number of hydrogen-bond acceptors (Lipinski definition) is 4. The lowest BCUT2D eigenvalue weighted by molar-refractivity contribution is -0.121. The van der Waals surface area contributed by atoms with Gasteiger partial charge in [0.2, 0.25) is 0 Å². The van der Waals surface area contributed by atoms with Crippen molar-refractivity contribution in [2.75, 3.05) is 0 Å². The molecule has 21 heavy (non-hydrogen) atoms. The highest BCUT2D eigenvalue weighted by molar-refractivity contribution is 8.00. The van der Waals surface area contributed by atoms with Crippen LogP contribution in [0.15, 0.2) is 46.7 Å². The third-order valence-corrected chi connectivity index (χ3v) is 4.73. The van der Waals surface area contributed by atoms with Crippen molar-refractivity contribution in [3.05, 3.63) is 52.2 Å². The van der Waals surface area contributed by atoms with Crippen molar-refractivity contribution >= 4 is 34.9 Å². The summed E-state index contributed by atoms with van der Waals surface area (Å²) in [6, 6.07) is 11.5. The first kappa shape index (κ1) is 15.6. The molecule has 0 bridgehead atoms. The maximum absolute atomic E-state index is 11.9. The fourth-order valence-corrected chi connectivity index (χ4v) is 3.05. The Hall–Kier alpha value is -1.79. The second-order valence-electron chi connectivity index (χ2n) is 4.49. The summed E-state index contributed by atoms with van der Waals surface area (Å²) < 4.78 is 0. The van der Waals surface area contributed by atoms with Gasteiger partial charge in [0.05, 0.1) is 10.1 Å². The van der Waals surface area contributed by atoms with Crippen molar-refractivity contribution < 1.29 is 9.59 Å². The molecule has 1 aromatic carbocycles. The quantitative estimate of drug-likeness (QED) is 0.672. The highest BCUT2D eigenvalue weighted by Gasteiger charge is 2.15. The van der Waals surface area contributed by atoms with E-state index in [1.807, 2.05) is 36.6 Å². The molecule has 6 heteroatoms. The summed E-state index contributed by atoms with van der Waals surface area (Å²) in [6.45, 7) is 3.82. The third kappa shape index (κ3) is 4.61. The van der Waals surface area contributed by atoms with Crippen LogP contribution >= 0.6 is 23.1 Å². The second kappa shape index (κ2) is 7.28. The fraction of sp³-hybridized carbons (Fsp3) is 0.200. The van der Waals surface area contributed by atoms with E-state index in [0.717, 1.165) is 4.90 Å². The van der Waals surface area contributed by atoms with E-state index in [-0.39, 0.29) is 17.1 Å². The lowest BCUT2D eigenvalue weighted by Gasteiger charge is -2.12. The van der Waals surface area contributed by atoms with Crippen molar-refractivity contribution in [2.24, 2.45) is 0 Å². The molecule has 1 aromatic heterocycles. The average molecular weight is 320 g/mol. The predicted molar refractivity (Wildman–Crippen MR) is 86.4 cm³/mol. The number of rotatable bonds is 4. The van der Waals surface area contributed by atoms with Crippen LogP contribution in [0.5, 0.6) is 0 Å². The van der Waals surface area contributed by atoms with E-state index in [2.05, 4.69) is 10.9 Å². The summed E-state index contributed by atoms with van der Waals surface area (Å²) in [7, 11) is 0. The number of nitrogens with one attached hydrogen (secondary N) is 2. The van der Waals surface area contributed by atoms with E-state index in [0.29, 0.717) is 4.88 Å². The largest absolute Gasteiger partial charge is 0.279 e. The lowest BCUT2D eigenvalue weighted by atomic mass is 10.2. The summed E-state index contributed by atoms with van der Waals surface area (Å²) in [6.07, 6.45) is 0. The van der Waals surface area contributed by atoms with Crippen LogP contribution in [-0.2, 0) is 4.79 Å².